The number of anilines is 1. The van der Waals surface area contributed by atoms with Crippen molar-refractivity contribution in [2.75, 3.05) is 5.32 Å². The number of aromatic nitrogens is 2. The van der Waals surface area contributed by atoms with Crippen LogP contribution >= 0.6 is 11.3 Å². The van der Waals surface area contributed by atoms with Gasteiger partial charge in [-0.1, -0.05) is 18.2 Å². The lowest BCUT2D eigenvalue weighted by Crippen LogP contribution is -2.40. The fraction of sp³-hybridized carbons (Fsp3) is 0.208. The molecule has 33 heavy (non-hydrogen) atoms. The fourth-order valence-corrected chi connectivity index (χ4v) is 5.61. The maximum Gasteiger partial charge on any atom is 0.337 e. The number of carbonyl (C=O) groups is 1. The van der Waals surface area contributed by atoms with Crippen molar-refractivity contribution in [2.45, 2.75) is 32.2 Å². The molecule has 0 atom stereocenters. The number of aryl methyl sites for hydroxylation is 2. The minimum atomic E-state index is -0.915. The van der Waals surface area contributed by atoms with E-state index in [1.165, 1.54) is 15.9 Å². The lowest BCUT2D eigenvalue weighted by atomic mass is 9.97. The third-order valence-electron chi connectivity index (χ3n) is 5.76. The average molecular weight is 467 g/mol. The van der Waals surface area contributed by atoms with Crippen LogP contribution in [0.2, 0.25) is 0 Å². The van der Waals surface area contributed by atoms with Crippen LogP contribution in [0.3, 0.4) is 0 Å². The van der Waals surface area contributed by atoms with E-state index in [1.807, 2.05) is 0 Å². The summed E-state index contributed by atoms with van der Waals surface area (Å²) < 4.78 is 29.5. The number of thiophene rings is 1. The first-order valence-corrected chi connectivity index (χ1v) is 11.4. The van der Waals surface area contributed by atoms with Crippen LogP contribution in [0.15, 0.2) is 58.1 Å². The highest BCUT2D eigenvalue weighted by molar-refractivity contribution is 7.18. The van der Waals surface area contributed by atoms with E-state index in [1.54, 1.807) is 30.3 Å². The molecule has 5 rings (SSSR count). The van der Waals surface area contributed by atoms with Crippen LogP contribution < -0.4 is 16.6 Å². The average Bonchev–Trinajstić information content (AvgIpc) is 3.19. The van der Waals surface area contributed by atoms with Crippen LogP contribution in [0.5, 0.6) is 0 Å². The first-order chi connectivity index (χ1) is 15.9. The summed E-state index contributed by atoms with van der Waals surface area (Å²) in [5.74, 6) is -2.34. The smallest absolute Gasteiger partial charge is 0.322 e. The van der Waals surface area contributed by atoms with Crippen molar-refractivity contribution >= 4 is 33.1 Å². The molecule has 168 valence electrons. The summed E-state index contributed by atoms with van der Waals surface area (Å²) in [6.45, 7) is -0.418. The highest BCUT2D eigenvalue weighted by atomic mass is 32.1. The highest BCUT2D eigenvalue weighted by Crippen LogP contribution is 2.34. The van der Waals surface area contributed by atoms with E-state index >= 15 is 0 Å². The number of fused-ring (bicyclic) bond motifs is 3. The molecule has 0 radical (unpaired) electrons. The van der Waals surface area contributed by atoms with Crippen LogP contribution in [-0.2, 0) is 24.2 Å². The van der Waals surface area contributed by atoms with Gasteiger partial charge in [0.25, 0.3) is 5.56 Å². The third-order valence-corrected chi connectivity index (χ3v) is 7.07. The molecule has 1 amide bonds. The molecular weight excluding hydrogens is 448 g/mol. The number of nitrogens with zero attached hydrogens (tertiary/aromatic N) is 2. The quantitative estimate of drug-likeness (QED) is 0.493. The van der Waals surface area contributed by atoms with Gasteiger partial charge in [0, 0.05) is 10.9 Å². The van der Waals surface area contributed by atoms with Gasteiger partial charge in [0.05, 0.1) is 16.8 Å². The highest BCUT2D eigenvalue weighted by Gasteiger charge is 2.25. The molecule has 0 saturated heterocycles. The van der Waals surface area contributed by atoms with Crippen molar-refractivity contribution in [3.63, 3.8) is 0 Å². The molecule has 4 aromatic rings. The maximum atomic E-state index is 14.0. The van der Waals surface area contributed by atoms with Gasteiger partial charge in [0.2, 0.25) is 5.91 Å². The topological polar surface area (TPSA) is 73.1 Å². The molecule has 9 heteroatoms. The van der Waals surface area contributed by atoms with Crippen LogP contribution in [0, 0.1) is 11.6 Å². The van der Waals surface area contributed by atoms with Crippen LogP contribution in [-0.4, -0.2) is 15.0 Å². The predicted octanol–water partition coefficient (Wildman–Crippen LogP) is 4.01. The summed E-state index contributed by atoms with van der Waals surface area (Å²) >= 11 is 1.36. The molecule has 2 aromatic heterocycles. The number of rotatable bonds is 4. The van der Waals surface area contributed by atoms with Gasteiger partial charge in [0.1, 0.15) is 23.0 Å². The van der Waals surface area contributed by atoms with E-state index in [9.17, 15) is 23.2 Å². The zero-order valence-corrected chi connectivity index (χ0v) is 18.3. The molecular formula is C24H19F2N3O3S. The largest absolute Gasteiger partial charge is 0.337 e. The van der Waals surface area contributed by atoms with Gasteiger partial charge >= 0.3 is 5.69 Å². The van der Waals surface area contributed by atoms with E-state index < -0.39 is 35.3 Å². The normalized spacial score (nSPS) is 13.2. The minimum Gasteiger partial charge on any atom is -0.322 e. The molecule has 0 bridgehead atoms. The van der Waals surface area contributed by atoms with E-state index in [0.717, 1.165) is 52.8 Å². The lowest BCUT2D eigenvalue weighted by Gasteiger charge is -2.13. The second kappa shape index (κ2) is 8.40. The van der Waals surface area contributed by atoms with Gasteiger partial charge in [-0.05, 0) is 55.5 Å². The molecule has 6 nitrogen and oxygen atoms in total. The number of hydrogen-bond donors (Lipinski definition) is 1. The molecule has 1 N–H and O–H groups in total. The van der Waals surface area contributed by atoms with Gasteiger partial charge in [0.15, 0.2) is 0 Å². The summed E-state index contributed by atoms with van der Waals surface area (Å²) in [7, 11) is 0. The van der Waals surface area contributed by atoms with Crippen molar-refractivity contribution in [1.29, 1.82) is 0 Å². The molecule has 1 aliphatic rings. The Balaban J connectivity index is 1.66. The molecule has 2 heterocycles. The SMILES string of the molecule is O=C(Cn1c(=O)n(-c2ccccc2)c(=O)c2c3c(sc21)CCCC3)Nc1ccc(F)cc1F. The van der Waals surface area contributed by atoms with Crippen LogP contribution in [0.25, 0.3) is 15.9 Å². The molecule has 0 aliphatic heterocycles. The van der Waals surface area contributed by atoms with Gasteiger partial charge in [-0.25, -0.2) is 18.1 Å². The second-order valence-electron chi connectivity index (χ2n) is 7.91. The van der Waals surface area contributed by atoms with Crippen LogP contribution in [0.1, 0.15) is 23.3 Å². The number of benzene rings is 2. The van der Waals surface area contributed by atoms with Gasteiger partial charge < -0.3 is 5.32 Å². The zero-order chi connectivity index (χ0) is 23.1. The summed E-state index contributed by atoms with van der Waals surface area (Å²) in [6.07, 6.45) is 3.51. The van der Waals surface area contributed by atoms with Crippen molar-refractivity contribution < 1.29 is 13.6 Å². The maximum absolute atomic E-state index is 14.0. The van der Waals surface area contributed by atoms with E-state index in [2.05, 4.69) is 5.32 Å². The lowest BCUT2D eigenvalue weighted by molar-refractivity contribution is -0.116. The third kappa shape index (κ3) is 3.78. The van der Waals surface area contributed by atoms with E-state index in [-0.39, 0.29) is 5.69 Å². The van der Waals surface area contributed by atoms with Gasteiger partial charge in [-0.2, -0.15) is 0 Å². The van der Waals surface area contributed by atoms with Crippen molar-refractivity contribution in [3.8, 4) is 5.69 Å². The summed E-state index contributed by atoms with van der Waals surface area (Å²) in [5.41, 5.74) is 0.111. The van der Waals surface area contributed by atoms with E-state index in [4.69, 9.17) is 0 Å². The molecule has 0 saturated carbocycles. The first-order valence-electron chi connectivity index (χ1n) is 10.5. The monoisotopic (exact) mass is 467 g/mol. The molecule has 0 spiro atoms. The number of para-hydroxylation sites is 1. The number of carbonyl (C=O) groups excluding carboxylic acids is 1. The Morgan fingerprint density at radius 1 is 1.03 bits per heavy atom. The Hall–Kier alpha value is -3.59. The minimum absolute atomic E-state index is 0.187. The predicted molar refractivity (Wildman–Crippen MR) is 123 cm³/mol. The van der Waals surface area contributed by atoms with Crippen LogP contribution in [0.4, 0.5) is 14.5 Å². The Morgan fingerprint density at radius 3 is 2.55 bits per heavy atom. The molecule has 1 aliphatic carbocycles. The molecule has 0 unspecified atom stereocenters. The second-order valence-corrected chi connectivity index (χ2v) is 8.99. The Bertz CT molecular complexity index is 1510. The van der Waals surface area contributed by atoms with Crippen molar-refractivity contribution in [3.05, 3.63) is 91.4 Å². The van der Waals surface area contributed by atoms with E-state index in [0.29, 0.717) is 22.0 Å². The first kappa shape index (κ1) is 21.3. The standard InChI is InChI=1S/C24H19F2N3O3S/c25-14-10-11-18(17(26)12-14)27-20(30)13-28-23-21(16-8-4-5-9-19(16)33-23)22(31)29(24(28)32)15-6-2-1-3-7-15/h1-3,6-7,10-12H,4-5,8-9,13H2,(H,27,30). The fourth-order valence-electron chi connectivity index (χ4n) is 4.24. The number of halogens is 2. The Kier molecular flexibility index (Phi) is 5.41. The van der Waals surface area contributed by atoms with Gasteiger partial charge in [-0.3, -0.25) is 14.2 Å². The number of amides is 1. The molecule has 0 fully saturated rings. The Morgan fingerprint density at radius 2 is 1.79 bits per heavy atom. The van der Waals surface area contributed by atoms with Crippen molar-refractivity contribution in [1.82, 2.24) is 9.13 Å². The number of nitrogens with one attached hydrogen (secondary N) is 1. The Labute approximate surface area is 190 Å². The van der Waals surface area contributed by atoms with Crippen molar-refractivity contribution in [2.24, 2.45) is 0 Å². The zero-order valence-electron chi connectivity index (χ0n) is 17.4. The molecule has 2 aromatic carbocycles. The summed E-state index contributed by atoms with van der Waals surface area (Å²) in [5, 5.41) is 2.85. The summed E-state index contributed by atoms with van der Waals surface area (Å²) in [6, 6.07) is 11.4. The van der Waals surface area contributed by atoms with Gasteiger partial charge in [-0.15, -0.1) is 11.3 Å². The number of hydrogen-bond acceptors (Lipinski definition) is 4. The summed E-state index contributed by atoms with van der Waals surface area (Å²) in [4.78, 5) is 41.2.